The molecule has 1 aliphatic rings. The van der Waals surface area contributed by atoms with Gasteiger partial charge >= 0.3 is 0 Å². The number of halogens is 1. The second-order valence-corrected chi connectivity index (χ2v) is 7.07. The third-order valence-electron chi connectivity index (χ3n) is 4.82. The molecule has 1 fully saturated rings. The van der Waals surface area contributed by atoms with Crippen molar-refractivity contribution in [1.82, 2.24) is 4.90 Å². The lowest BCUT2D eigenvalue weighted by molar-refractivity contribution is -0.114. The monoisotopic (exact) mass is 417 g/mol. The van der Waals surface area contributed by atoms with Crippen LogP contribution >= 0.6 is 11.6 Å². The summed E-state index contributed by atoms with van der Waals surface area (Å²) in [5.41, 5.74) is 1.80. The summed E-state index contributed by atoms with van der Waals surface area (Å²) < 4.78 is 10.8. The van der Waals surface area contributed by atoms with Crippen LogP contribution in [0.1, 0.15) is 17.3 Å². The van der Waals surface area contributed by atoms with Gasteiger partial charge in [-0.25, -0.2) is 0 Å². The first kappa shape index (κ1) is 20.8. The molecule has 1 N–H and O–H groups in total. The predicted octanol–water partition coefficient (Wildman–Crippen LogP) is 3.28. The van der Waals surface area contributed by atoms with Gasteiger partial charge in [-0.05, 0) is 18.2 Å². The maximum Gasteiger partial charge on any atom is 0.257 e. The molecule has 29 heavy (non-hydrogen) atoms. The first-order chi connectivity index (χ1) is 13.9. The van der Waals surface area contributed by atoms with Crippen molar-refractivity contribution in [3.05, 3.63) is 47.0 Å². The van der Waals surface area contributed by atoms with Gasteiger partial charge in [-0.15, -0.1) is 0 Å². The van der Waals surface area contributed by atoms with E-state index < -0.39 is 0 Å². The van der Waals surface area contributed by atoms with Crippen molar-refractivity contribution in [3.63, 3.8) is 0 Å². The van der Waals surface area contributed by atoms with E-state index in [-0.39, 0.29) is 16.8 Å². The smallest absolute Gasteiger partial charge is 0.257 e. The van der Waals surface area contributed by atoms with Crippen LogP contribution in [0.25, 0.3) is 0 Å². The van der Waals surface area contributed by atoms with Crippen LogP contribution in [0.5, 0.6) is 11.5 Å². The van der Waals surface area contributed by atoms with E-state index in [9.17, 15) is 9.59 Å². The summed E-state index contributed by atoms with van der Waals surface area (Å²) in [6.07, 6.45) is 0. The standard InChI is InChI=1S/C21H24ClN3O4/c1-14(26)23-17-13-20(29-3)15(12-16(17)22)21(27)25-10-8-24(9-11-25)18-6-4-5-7-19(18)28-2/h4-7,12-13H,8-11H2,1-3H3,(H,23,26). The van der Waals surface area contributed by atoms with E-state index in [1.807, 2.05) is 24.3 Å². The van der Waals surface area contributed by atoms with Gasteiger partial charge < -0.3 is 24.6 Å². The van der Waals surface area contributed by atoms with Gasteiger partial charge in [-0.1, -0.05) is 23.7 Å². The van der Waals surface area contributed by atoms with Gasteiger partial charge in [0.1, 0.15) is 11.5 Å². The molecule has 1 aliphatic heterocycles. The summed E-state index contributed by atoms with van der Waals surface area (Å²) in [7, 11) is 3.14. The third-order valence-corrected chi connectivity index (χ3v) is 5.14. The number of carbonyl (C=O) groups is 2. The van der Waals surface area contributed by atoms with Crippen molar-refractivity contribution in [2.24, 2.45) is 0 Å². The highest BCUT2D eigenvalue weighted by atomic mass is 35.5. The number of piperazine rings is 1. The average Bonchev–Trinajstić information content (AvgIpc) is 2.74. The Hall–Kier alpha value is -2.93. The number of nitrogens with zero attached hydrogens (tertiary/aromatic N) is 2. The zero-order valence-corrected chi connectivity index (χ0v) is 17.5. The summed E-state index contributed by atoms with van der Waals surface area (Å²) in [6.45, 7) is 3.89. The Morgan fingerprint density at radius 2 is 1.66 bits per heavy atom. The highest BCUT2D eigenvalue weighted by Crippen LogP contribution is 2.33. The zero-order chi connectivity index (χ0) is 21.0. The van der Waals surface area contributed by atoms with Gasteiger partial charge in [0.25, 0.3) is 5.91 Å². The number of hydrogen-bond acceptors (Lipinski definition) is 5. The van der Waals surface area contributed by atoms with Crippen LogP contribution in [-0.4, -0.2) is 57.1 Å². The lowest BCUT2D eigenvalue weighted by Crippen LogP contribution is -2.49. The first-order valence-electron chi connectivity index (χ1n) is 9.27. The lowest BCUT2D eigenvalue weighted by atomic mass is 10.1. The van der Waals surface area contributed by atoms with E-state index in [0.29, 0.717) is 43.2 Å². The average molecular weight is 418 g/mol. The van der Waals surface area contributed by atoms with Crippen LogP contribution in [0.4, 0.5) is 11.4 Å². The number of hydrogen-bond donors (Lipinski definition) is 1. The van der Waals surface area contributed by atoms with E-state index >= 15 is 0 Å². The van der Waals surface area contributed by atoms with E-state index in [1.54, 1.807) is 24.1 Å². The summed E-state index contributed by atoms with van der Waals surface area (Å²) in [6, 6.07) is 11.0. The molecule has 0 bridgehead atoms. The molecular weight excluding hydrogens is 394 g/mol. The molecule has 0 saturated carbocycles. The molecule has 8 heteroatoms. The van der Waals surface area contributed by atoms with E-state index in [1.165, 1.54) is 14.0 Å². The number of rotatable bonds is 5. The molecule has 1 saturated heterocycles. The second-order valence-electron chi connectivity index (χ2n) is 6.66. The van der Waals surface area contributed by atoms with Crippen molar-refractivity contribution < 1.29 is 19.1 Å². The van der Waals surface area contributed by atoms with Crippen LogP contribution < -0.4 is 19.7 Å². The van der Waals surface area contributed by atoms with E-state index in [4.69, 9.17) is 21.1 Å². The van der Waals surface area contributed by atoms with Crippen molar-refractivity contribution in [1.29, 1.82) is 0 Å². The fourth-order valence-electron chi connectivity index (χ4n) is 3.39. The summed E-state index contributed by atoms with van der Waals surface area (Å²) in [4.78, 5) is 28.4. The van der Waals surface area contributed by atoms with Crippen LogP contribution in [0.3, 0.4) is 0 Å². The minimum absolute atomic E-state index is 0.155. The Morgan fingerprint density at radius 3 is 2.28 bits per heavy atom. The van der Waals surface area contributed by atoms with Gasteiger partial charge in [0, 0.05) is 39.2 Å². The number of methoxy groups -OCH3 is 2. The first-order valence-corrected chi connectivity index (χ1v) is 9.64. The predicted molar refractivity (Wildman–Crippen MR) is 113 cm³/mol. The van der Waals surface area contributed by atoms with Gasteiger partial charge in [0.2, 0.25) is 5.91 Å². The van der Waals surface area contributed by atoms with Gasteiger partial charge in [0.15, 0.2) is 0 Å². The van der Waals surface area contributed by atoms with Crippen LogP contribution in [0.2, 0.25) is 5.02 Å². The fourth-order valence-corrected chi connectivity index (χ4v) is 3.60. The number of ether oxygens (including phenoxy) is 2. The molecule has 0 aliphatic carbocycles. The molecule has 7 nitrogen and oxygen atoms in total. The largest absolute Gasteiger partial charge is 0.496 e. The molecule has 154 valence electrons. The number of nitrogens with one attached hydrogen (secondary N) is 1. The fraction of sp³-hybridized carbons (Fsp3) is 0.333. The van der Waals surface area contributed by atoms with Crippen LogP contribution in [0.15, 0.2) is 36.4 Å². The maximum absolute atomic E-state index is 13.1. The molecule has 0 aromatic heterocycles. The Labute approximate surface area is 175 Å². The summed E-state index contributed by atoms with van der Waals surface area (Å²) in [5.74, 6) is 0.780. The van der Waals surface area contributed by atoms with E-state index in [2.05, 4.69) is 10.2 Å². The quantitative estimate of drug-likeness (QED) is 0.808. The number of amides is 2. The van der Waals surface area contributed by atoms with E-state index in [0.717, 1.165) is 11.4 Å². The molecule has 0 atom stereocenters. The zero-order valence-electron chi connectivity index (χ0n) is 16.7. The molecule has 0 radical (unpaired) electrons. The van der Waals surface area contributed by atoms with Crippen molar-refractivity contribution in [2.45, 2.75) is 6.92 Å². The Balaban J connectivity index is 1.75. The number of benzene rings is 2. The third kappa shape index (κ3) is 4.56. The maximum atomic E-state index is 13.1. The molecule has 2 amide bonds. The van der Waals surface area contributed by atoms with Gasteiger partial charge in [0.05, 0.1) is 36.2 Å². The molecule has 2 aromatic carbocycles. The van der Waals surface area contributed by atoms with Crippen LogP contribution in [0, 0.1) is 0 Å². The lowest BCUT2D eigenvalue weighted by Gasteiger charge is -2.36. The highest BCUT2D eigenvalue weighted by molar-refractivity contribution is 6.34. The minimum atomic E-state index is -0.250. The van der Waals surface area contributed by atoms with Crippen molar-refractivity contribution in [2.75, 3.05) is 50.6 Å². The Bertz CT molecular complexity index is 911. The molecule has 3 rings (SSSR count). The number of carbonyl (C=O) groups excluding carboxylic acids is 2. The van der Waals surface area contributed by atoms with Gasteiger partial charge in [-0.2, -0.15) is 0 Å². The molecular formula is C21H24ClN3O4. The second kappa shape index (κ2) is 9.05. The molecule has 0 unspecified atom stereocenters. The molecule has 2 aromatic rings. The van der Waals surface area contributed by atoms with Gasteiger partial charge in [-0.3, -0.25) is 9.59 Å². The van der Waals surface area contributed by atoms with Crippen molar-refractivity contribution in [3.8, 4) is 11.5 Å². The minimum Gasteiger partial charge on any atom is -0.496 e. The molecule has 0 spiro atoms. The van der Waals surface area contributed by atoms with Crippen molar-refractivity contribution >= 4 is 34.8 Å². The van der Waals surface area contributed by atoms with Crippen LogP contribution in [-0.2, 0) is 4.79 Å². The highest BCUT2D eigenvalue weighted by Gasteiger charge is 2.26. The molecule has 1 heterocycles. The number of para-hydroxylation sites is 2. The number of anilines is 2. The topological polar surface area (TPSA) is 71.1 Å². The Kier molecular flexibility index (Phi) is 6.49. The summed E-state index contributed by atoms with van der Waals surface area (Å²) in [5, 5.41) is 2.92. The Morgan fingerprint density at radius 1 is 1.00 bits per heavy atom. The normalized spacial score (nSPS) is 13.8. The summed E-state index contributed by atoms with van der Waals surface area (Å²) >= 11 is 6.26. The SMILES string of the molecule is COc1cc(NC(C)=O)c(Cl)cc1C(=O)N1CCN(c2ccccc2OC)CC1.